The molecule has 0 atom stereocenters. The zero-order chi connectivity index (χ0) is 15.4. The second kappa shape index (κ2) is 6.80. The number of carbonyl (C=O) groups is 1. The van der Waals surface area contributed by atoms with E-state index in [0.29, 0.717) is 18.8 Å². The van der Waals surface area contributed by atoms with Crippen molar-refractivity contribution in [2.45, 2.75) is 39.3 Å². The van der Waals surface area contributed by atoms with Crippen LogP contribution in [0.1, 0.15) is 26.1 Å². The first-order valence-corrected chi connectivity index (χ1v) is 7.55. The third-order valence-corrected chi connectivity index (χ3v) is 3.27. The van der Waals surface area contributed by atoms with Gasteiger partial charge in [-0.25, -0.2) is 4.98 Å². The molecule has 114 valence electrons. The molecule has 6 heteroatoms. The van der Waals surface area contributed by atoms with Crippen LogP contribution in [0.15, 0.2) is 18.2 Å². The molecule has 2 rings (SSSR count). The number of aromatic nitrogens is 2. The Morgan fingerprint density at radius 2 is 2.24 bits per heavy atom. The lowest BCUT2D eigenvalue weighted by atomic mass is 10.2. The third-order valence-electron chi connectivity index (χ3n) is 3.08. The summed E-state index contributed by atoms with van der Waals surface area (Å²) in [5.74, 6) is 1.74. The van der Waals surface area contributed by atoms with Gasteiger partial charge in [0, 0.05) is 25.3 Å². The van der Waals surface area contributed by atoms with E-state index in [2.05, 4.69) is 4.98 Å². The minimum Gasteiger partial charge on any atom is -0.489 e. The summed E-state index contributed by atoms with van der Waals surface area (Å²) >= 11 is 5.85. The number of hydrogen-bond donors (Lipinski definition) is 1. The molecular formula is C15H20ClN3O2. The minimum atomic E-state index is -0.330. The van der Waals surface area contributed by atoms with Gasteiger partial charge in [-0.2, -0.15) is 0 Å². The van der Waals surface area contributed by atoms with Crippen LogP contribution >= 0.6 is 11.6 Å². The largest absolute Gasteiger partial charge is 0.489 e. The minimum absolute atomic E-state index is 0.0721. The molecule has 0 spiro atoms. The Labute approximate surface area is 129 Å². The molecule has 1 aromatic carbocycles. The lowest BCUT2D eigenvalue weighted by molar-refractivity contribution is -0.118. The summed E-state index contributed by atoms with van der Waals surface area (Å²) in [6.07, 6.45) is 0.981. The topological polar surface area (TPSA) is 70.1 Å². The highest BCUT2D eigenvalue weighted by molar-refractivity contribution is 6.17. The Morgan fingerprint density at radius 3 is 2.86 bits per heavy atom. The molecule has 5 nitrogen and oxygen atoms in total. The molecule has 0 saturated carbocycles. The Balaban J connectivity index is 2.48. The van der Waals surface area contributed by atoms with Crippen molar-refractivity contribution in [1.82, 2.24) is 9.55 Å². The average molecular weight is 310 g/mol. The van der Waals surface area contributed by atoms with Gasteiger partial charge in [0.25, 0.3) is 0 Å². The predicted molar refractivity (Wildman–Crippen MR) is 83.7 cm³/mol. The van der Waals surface area contributed by atoms with Crippen LogP contribution in [0.3, 0.4) is 0 Å². The van der Waals surface area contributed by atoms with Crippen molar-refractivity contribution < 1.29 is 9.53 Å². The average Bonchev–Trinajstić information content (AvgIpc) is 2.75. The number of carbonyl (C=O) groups excluding carboxylic acids is 1. The molecule has 0 aliphatic carbocycles. The van der Waals surface area contributed by atoms with E-state index in [-0.39, 0.29) is 18.4 Å². The van der Waals surface area contributed by atoms with E-state index in [1.165, 1.54) is 0 Å². The summed E-state index contributed by atoms with van der Waals surface area (Å²) in [5.41, 5.74) is 6.99. The summed E-state index contributed by atoms with van der Waals surface area (Å²) in [5, 5.41) is 0. The summed E-state index contributed by atoms with van der Waals surface area (Å²) < 4.78 is 7.79. The van der Waals surface area contributed by atoms with Gasteiger partial charge >= 0.3 is 0 Å². The van der Waals surface area contributed by atoms with Gasteiger partial charge in [-0.05, 0) is 26.0 Å². The van der Waals surface area contributed by atoms with Gasteiger partial charge in [0.15, 0.2) is 0 Å². The van der Waals surface area contributed by atoms with Crippen LogP contribution in [-0.4, -0.2) is 27.4 Å². The van der Waals surface area contributed by atoms with Crippen molar-refractivity contribution in [3.63, 3.8) is 0 Å². The molecule has 0 aliphatic heterocycles. The molecule has 1 heterocycles. The van der Waals surface area contributed by atoms with Crippen LogP contribution in [-0.2, 0) is 17.8 Å². The number of nitrogens with two attached hydrogens (primary N) is 1. The van der Waals surface area contributed by atoms with E-state index in [4.69, 9.17) is 22.1 Å². The number of fused-ring (bicyclic) bond motifs is 1. The van der Waals surface area contributed by atoms with E-state index in [1.807, 2.05) is 36.6 Å². The number of rotatable bonds is 7. The normalized spacial score (nSPS) is 11.2. The zero-order valence-corrected chi connectivity index (χ0v) is 13.1. The van der Waals surface area contributed by atoms with Crippen molar-refractivity contribution in [3.05, 3.63) is 24.0 Å². The molecule has 0 fully saturated rings. The first kappa shape index (κ1) is 15.6. The van der Waals surface area contributed by atoms with Crippen molar-refractivity contribution in [2.75, 3.05) is 5.88 Å². The van der Waals surface area contributed by atoms with E-state index < -0.39 is 0 Å². The highest BCUT2D eigenvalue weighted by Gasteiger charge is 2.15. The molecule has 0 radical (unpaired) electrons. The fourth-order valence-electron chi connectivity index (χ4n) is 2.27. The second-order valence-electron chi connectivity index (χ2n) is 5.13. The van der Waals surface area contributed by atoms with Crippen molar-refractivity contribution in [2.24, 2.45) is 5.73 Å². The highest BCUT2D eigenvalue weighted by Crippen LogP contribution is 2.27. The number of imidazole rings is 1. The van der Waals surface area contributed by atoms with E-state index >= 15 is 0 Å². The molecule has 0 unspecified atom stereocenters. The van der Waals surface area contributed by atoms with Crippen LogP contribution in [0.25, 0.3) is 11.0 Å². The lowest BCUT2D eigenvalue weighted by Gasteiger charge is -2.10. The van der Waals surface area contributed by atoms with Gasteiger partial charge in [0.1, 0.15) is 17.1 Å². The molecule has 2 N–H and O–H groups in total. The number of alkyl halides is 1. The maximum atomic E-state index is 11.0. The summed E-state index contributed by atoms with van der Waals surface area (Å²) in [7, 11) is 0. The third kappa shape index (κ3) is 3.67. The molecular weight excluding hydrogens is 290 g/mol. The number of amides is 1. The Bertz CT molecular complexity index is 637. The number of primary amides is 1. The number of aryl methyl sites for hydroxylation is 2. The molecule has 1 amide bonds. The molecule has 0 aliphatic rings. The number of benzene rings is 1. The maximum absolute atomic E-state index is 11.0. The first-order chi connectivity index (χ1) is 10.0. The Kier molecular flexibility index (Phi) is 5.07. The molecule has 2 aromatic rings. The van der Waals surface area contributed by atoms with Crippen LogP contribution in [0.4, 0.5) is 0 Å². The summed E-state index contributed by atoms with van der Waals surface area (Å²) in [6.45, 7) is 4.45. The van der Waals surface area contributed by atoms with Crippen LogP contribution in [0.5, 0.6) is 5.75 Å². The summed E-state index contributed by atoms with van der Waals surface area (Å²) in [6, 6.07) is 5.79. The number of halogens is 1. The molecule has 21 heavy (non-hydrogen) atoms. The van der Waals surface area contributed by atoms with E-state index in [1.54, 1.807) is 0 Å². The number of hydrogen-bond acceptors (Lipinski definition) is 3. The molecule has 1 aromatic heterocycles. The number of nitrogens with zero attached hydrogens (tertiary/aromatic N) is 2. The van der Waals surface area contributed by atoms with Crippen LogP contribution in [0, 0.1) is 0 Å². The van der Waals surface area contributed by atoms with Gasteiger partial charge in [-0.1, -0.05) is 6.07 Å². The van der Waals surface area contributed by atoms with E-state index in [9.17, 15) is 4.79 Å². The van der Waals surface area contributed by atoms with Gasteiger partial charge in [-0.3, -0.25) is 4.79 Å². The number of ether oxygens (including phenoxy) is 1. The predicted octanol–water partition coefficient (Wildman–Crippen LogP) is 2.48. The highest BCUT2D eigenvalue weighted by atomic mass is 35.5. The van der Waals surface area contributed by atoms with Crippen LogP contribution in [0.2, 0.25) is 0 Å². The fraction of sp³-hybridized carbons (Fsp3) is 0.467. The van der Waals surface area contributed by atoms with Gasteiger partial charge in [0.2, 0.25) is 5.91 Å². The Morgan fingerprint density at radius 1 is 1.48 bits per heavy atom. The van der Waals surface area contributed by atoms with Gasteiger partial charge in [0.05, 0.1) is 11.6 Å². The lowest BCUT2D eigenvalue weighted by Crippen LogP contribution is -2.15. The molecule has 0 saturated heterocycles. The standard InChI is InChI=1S/C15H20ClN3O2/c1-10(2)21-12-5-3-4-11-15(12)18-14(6-8-16)19(11)9-7-13(17)20/h3-5,10H,6-9H2,1-2H3,(H2,17,20). The van der Waals surface area contributed by atoms with Crippen molar-refractivity contribution >= 4 is 28.5 Å². The van der Waals surface area contributed by atoms with E-state index in [0.717, 1.165) is 22.6 Å². The monoisotopic (exact) mass is 309 g/mol. The van der Waals surface area contributed by atoms with Crippen molar-refractivity contribution in [3.8, 4) is 5.75 Å². The zero-order valence-electron chi connectivity index (χ0n) is 12.3. The summed E-state index contributed by atoms with van der Waals surface area (Å²) in [4.78, 5) is 15.7. The SMILES string of the molecule is CC(C)Oc1cccc2c1nc(CCCl)n2CCC(N)=O. The van der Waals surface area contributed by atoms with Crippen LogP contribution < -0.4 is 10.5 Å². The maximum Gasteiger partial charge on any atom is 0.219 e. The smallest absolute Gasteiger partial charge is 0.219 e. The molecule has 0 bridgehead atoms. The first-order valence-electron chi connectivity index (χ1n) is 7.02. The van der Waals surface area contributed by atoms with Gasteiger partial charge in [-0.15, -0.1) is 11.6 Å². The quantitative estimate of drug-likeness (QED) is 0.799. The fourth-order valence-corrected chi connectivity index (χ4v) is 2.43. The number of para-hydroxylation sites is 1. The van der Waals surface area contributed by atoms with Gasteiger partial charge < -0.3 is 15.0 Å². The second-order valence-corrected chi connectivity index (χ2v) is 5.50. The van der Waals surface area contributed by atoms with Crippen molar-refractivity contribution in [1.29, 1.82) is 0 Å². The Hall–Kier alpha value is -1.75.